The number of hydrogen-bond donors (Lipinski definition) is 3. The highest BCUT2D eigenvalue weighted by Crippen LogP contribution is 2.31. The number of hydrogen-bond acceptors (Lipinski definition) is 5. The summed E-state index contributed by atoms with van der Waals surface area (Å²) in [7, 11) is 3.26. The Morgan fingerprint density at radius 2 is 2.11 bits per heavy atom. The molecule has 0 radical (unpaired) electrons. The van der Waals surface area contributed by atoms with E-state index in [4.69, 9.17) is 15.2 Å². The maximum atomic E-state index is 12.5. The predicted molar refractivity (Wildman–Crippen MR) is 104 cm³/mol. The summed E-state index contributed by atoms with van der Waals surface area (Å²) in [5.74, 6) is 0.841. The molecule has 1 fully saturated rings. The van der Waals surface area contributed by atoms with Crippen molar-refractivity contribution in [2.24, 2.45) is 5.73 Å². The van der Waals surface area contributed by atoms with E-state index in [9.17, 15) is 9.59 Å². The number of primary amides is 1. The topological polar surface area (TPSA) is 95.1 Å². The molecule has 0 bridgehead atoms. The van der Waals surface area contributed by atoms with E-state index in [-0.39, 0.29) is 11.9 Å². The van der Waals surface area contributed by atoms with Crippen LogP contribution in [0.5, 0.6) is 11.5 Å². The van der Waals surface area contributed by atoms with Gasteiger partial charge < -0.3 is 25.4 Å². The van der Waals surface area contributed by atoms with Gasteiger partial charge in [0.1, 0.15) is 22.5 Å². The minimum Gasteiger partial charge on any atom is -0.497 e. The average Bonchev–Trinajstić information content (AvgIpc) is 3.30. The van der Waals surface area contributed by atoms with E-state index in [0.29, 0.717) is 17.1 Å². The molecule has 1 unspecified atom stereocenters. The third kappa shape index (κ3) is 4.23. The SMILES string of the molecule is COc1ccc([C@H]2CCC[NH+]2CC(=O)Nc2sccc2C(N)=O)c(OC)c1. The number of benzene rings is 1. The van der Waals surface area contributed by atoms with Gasteiger partial charge in [0, 0.05) is 18.9 Å². The van der Waals surface area contributed by atoms with Crippen LogP contribution < -0.4 is 25.4 Å². The van der Waals surface area contributed by atoms with E-state index >= 15 is 0 Å². The van der Waals surface area contributed by atoms with Crippen LogP contribution in [0.4, 0.5) is 5.00 Å². The van der Waals surface area contributed by atoms with E-state index in [1.54, 1.807) is 25.7 Å². The molecule has 1 saturated heterocycles. The number of carbonyl (C=O) groups is 2. The van der Waals surface area contributed by atoms with Crippen molar-refractivity contribution in [2.45, 2.75) is 18.9 Å². The van der Waals surface area contributed by atoms with Crippen molar-refractivity contribution in [1.82, 2.24) is 0 Å². The predicted octanol–water partition coefficient (Wildman–Crippen LogP) is 1.22. The number of nitrogens with one attached hydrogen (secondary N) is 2. The van der Waals surface area contributed by atoms with Crippen molar-refractivity contribution in [3.63, 3.8) is 0 Å². The standard InChI is InChI=1S/C19H23N3O4S/c1-25-12-5-6-13(16(10-12)26-2)15-4-3-8-22(15)11-17(23)21-19-14(18(20)24)7-9-27-19/h5-7,9-10,15H,3-4,8,11H2,1-2H3,(H2,20,24)(H,21,23)/p+1/t15-/m1/s1. The van der Waals surface area contributed by atoms with Crippen LogP contribution in [-0.2, 0) is 4.79 Å². The molecular formula is C19H24N3O4S+. The first-order valence-electron chi connectivity index (χ1n) is 8.77. The number of thiophene rings is 1. The van der Waals surface area contributed by atoms with E-state index in [1.165, 1.54) is 16.2 Å². The molecule has 0 spiro atoms. The lowest BCUT2D eigenvalue weighted by Gasteiger charge is -2.23. The van der Waals surface area contributed by atoms with Crippen LogP contribution in [-0.4, -0.2) is 39.1 Å². The number of likely N-dealkylation sites (tertiary alicyclic amines) is 1. The minimum absolute atomic E-state index is 0.130. The highest BCUT2D eigenvalue weighted by atomic mass is 32.1. The third-order valence-electron chi connectivity index (χ3n) is 4.87. The fraction of sp³-hybridized carbons (Fsp3) is 0.368. The van der Waals surface area contributed by atoms with Crippen LogP contribution in [0.1, 0.15) is 34.8 Å². The van der Waals surface area contributed by atoms with Crippen LogP contribution in [0.25, 0.3) is 0 Å². The van der Waals surface area contributed by atoms with Crippen molar-refractivity contribution in [2.75, 3.05) is 32.6 Å². The Morgan fingerprint density at radius 1 is 1.30 bits per heavy atom. The van der Waals surface area contributed by atoms with Gasteiger partial charge in [-0.25, -0.2) is 0 Å². The summed E-state index contributed by atoms with van der Waals surface area (Å²) in [6, 6.07) is 7.59. The largest absolute Gasteiger partial charge is 0.497 e. The maximum absolute atomic E-state index is 12.5. The molecule has 2 aromatic rings. The highest BCUT2D eigenvalue weighted by molar-refractivity contribution is 7.14. The lowest BCUT2D eigenvalue weighted by atomic mass is 10.0. The Morgan fingerprint density at radius 3 is 2.81 bits per heavy atom. The number of anilines is 1. The molecule has 27 heavy (non-hydrogen) atoms. The second-order valence-electron chi connectivity index (χ2n) is 6.46. The summed E-state index contributed by atoms with van der Waals surface area (Å²) in [5.41, 5.74) is 6.76. The fourth-order valence-electron chi connectivity index (χ4n) is 3.58. The van der Waals surface area contributed by atoms with Crippen LogP contribution in [0.15, 0.2) is 29.6 Å². The van der Waals surface area contributed by atoms with Gasteiger partial charge in [-0.3, -0.25) is 9.59 Å². The van der Waals surface area contributed by atoms with E-state index in [2.05, 4.69) is 5.32 Å². The Kier molecular flexibility index (Phi) is 5.98. The number of methoxy groups -OCH3 is 2. The van der Waals surface area contributed by atoms with Gasteiger partial charge in [-0.05, 0) is 23.6 Å². The molecule has 1 aliphatic rings. The summed E-state index contributed by atoms with van der Waals surface area (Å²) in [5, 5.41) is 5.07. The molecule has 7 nitrogen and oxygen atoms in total. The fourth-order valence-corrected chi connectivity index (χ4v) is 4.39. The Hall–Kier alpha value is -2.58. The molecule has 144 valence electrons. The molecule has 4 N–H and O–H groups in total. The number of quaternary nitrogens is 1. The van der Waals surface area contributed by atoms with Crippen molar-refractivity contribution in [3.8, 4) is 11.5 Å². The first kappa shape index (κ1) is 19.2. The van der Waals surface area contributed by atoms with Gasteiger partial charge in [0.05, 0.1) is 31.9 Å². The maximum Gasteiger partial charge on any atom is 0.280 e. The number of ether oxygens (including phenoxy) is 2. The zero-order valence-electron chi connectivity index (χ0n) is 15.4. The number of rotatable bonds is 7. The van der Waals surface area contributed by atoms with Crippen LogP contribution in [0.3, 0.4) is 0 Å². The molecule has 2 heterocycles. The normalized spacial score (nSPS) is 18.9. The molecule has 1 aromatic heterocycles. The van der Waals surface area contributed by atoms with E-state index in [0.717, 1.165) is 36.4 Å². The second kappa shape index (κ2) is 8.41. The van der Waals surface area contributed by atoms with Crippen molar-refractivity contribution < 1.29 is 24.0 Å². The summed E-state index contributed by atoms with van der Waals surface area (Å²) < 4.78 is 10.8. The molecule has 1 aliphatic heterocycles. The number of carbonyl (C=O) groups excluding carboxylic acids is 2. The van der Waals surface area contributed by atoms with Crippen LogP contribution >= 0.6 is 11.3 Å². The summed E-state index contributed by atoms with van der Waals surface area (Å²) >= 11 is 1.30. The van der Waals surface area contributed by atoms with E-state index < -0.39 is 5.91 Å². The smallest absolute Gasteiger partial charge is 0.280 e. The lowest BCUT2D eigenvalue weighted by Crippen LogP contribution is -3.11. The molecule has 8 heteroatoms. The zero-order valence-corrected chi connectivity index (χ0v) is 16.2. The molecule has 0 aliphatic carbocycles. The number of amides is 2. The molecule has 3 rings (SSSR count). The summed E-state index contributed by atoms with van der Waals surface area (Å²) in [6.07, 6.45) is 2.02. The van der Waals surface area contributed by atoms with Gasteiger partial charge in [-0.1, -0.05) is 0 Å². The highest BCUT2D eigenvalue weighted by Gasteiger charge is 2.34. The second-order valence-corrected chi connectivity index (χ2v) is 7.38. The van der Waals surface area contributed by atoms with Crippen LogP contribution in [0, 0.1) is 0 Å². The minimum atomic E-state index is -0.541. The molecule has 0 saturated carbocycles. The van der Waals surface area contributed by atoms with Gasteiger partial charge in [-0.2, -0.15) is 0 Å². The summed E-state index contributed by atoms with van der Waals surface area (Å²) in [4.78, 5) is 25.1. The first-order chi connectivity index (χ1) is 13.0. The van der Waals surface area contributed by atoms with Crippen molar-refractivity contribution in [1.29, 1.82) is 0 Å². The lowest BCUT2D eigenvalue weighted by molar-refractivity contribution is -0.910. The van der Waals surface area contributed by atoms with Gasteiger partial charge >= 0.3 is 0 Å². The van der Waals surface area contributed by atoms with Gasteiger partial charge in [0.2, 0.25) is 0 Å². The molecular weight excluding hydrogens is 366 g/mol. The average molecular weight is 390 g/mol. The summed E-state index contributed by atoms with van der Waals surface area (Å²) in [6.45, 7) is 1.22. The quantitative estimate of drug-likeness (QED) is 0.663. The van der Waals surface area contributed by atoms with E-state index in [1.807, 2.05) is 18.2 Å². The Balaban J connectivity index is 1.72. The number of nitrogens with two attached hydrogens (primary N) is 1. The molecule has 2 atom stereocenters. The Bertz CT molecular complexity index is 836. The third-order valence-corrected chi connectivity index (χ3v) is 5.70. The first-order valence-corrected chi connectivity index (χ1v) is 9.65. The zero-order chi connectivity index (χ0) is 19.4. The molecule has 1 aromatic carbocycles. The van der Waals surface area contributed by atoms with Gasteiger partial charge in [0.25, 0.3) is 11.8 Å². The van der Waals surface area contributed by atoms with Crippen molar-refractivity contribution >= 4 is 28.2 Å². The van der Waals surface area contributed by atoms with Crippen molar-refractivity contribution in [3.05, 3.63) is 40.8 Å². The molecule has 2 amide bonds. The Labute approximate surface area is 162 Å². The van der Waals surface area contributed by atoms with Gasteiger partial charge in [-0.15, -0.1) is 11.3 Å². The monoisotopic (exact) mass is 390 g/mol. The van der Waals surface area contributed by atoms with Crippen LogP contribution in [0.2, 0.25) is 0 Å². The van der Waals surface area contributed by atoms with Gasteiger partial charge in [0.15, 0.2) is 6.54 Å².